The molecule has 1 unspecified atom stereocenters. The van der Waals surface area contributed by atoms with E-state index in [-0.39, 0.29) is 6.04 Å². The Bertz CT molecular complexity index is 548. The highest BCUT2D eigenvalue weighted by atomic mass is 16.5. The molecule has 0 bridgehead atoms. The molecular weight excluding hydrogens is 252 g/mol. The standard InChI is InChI=1S/C15H22N4O/c16-18-13(9-12-5-7-20-8-6-12)10-19-11-17-14-3-1-2-4-15(14)19/h1-4,11-13,18H,5-10,16H2. The van der Waals surface area contributed by atoms with Gasteiger partial charge in [-0.05, 0) is 37.3 Å². The molecule has 0 radical (unpaired) electrons. The van der Waals surface area contributed by atoms with Crippen molar-refractivity contribution < 1.29 is 4.74 Å². The number of para-hydroxylation sites is 2. The third-order valence-electron chi connectivity index (χ3n) is 4.14. The van der Waals surface area contributed by atoms with Crippen molar-refractivity contribution in [2.75, 3.05) is 13.2 Å². The van der Waals surface area contributed by atoms with Crippen LogP contribution in [-0.4, -0.2) is 28.8 Å². The molecule has 2 aromatic rings. The molecule has 5 heteroatoms. The maximum Gasteiger partial charge on any atom is 0.0958 e. The van der Waals surface area contributed by atoms with E-state index in [2.05, 4.69) is 21.0 Å². The molecule has 1 aromatic heterocycles. The molecule has 108 valence electrons. The van der Waals surface area contributed by atoms with Gasteiger partial charge in [0.1, 0.15) is 0 Å². The van der Waals surface area contributed by atoms with E-state index in [1.165, 1.54) is 5.52 Å². The Morgan fingerprint density at radius 2 is 2.15 bits per heavy atom. The van der Waals surface area contributed by atoms with Crippen LogP contribution in [0.1, 0.15) is 19.3 Å². The molecule has 0 amide bonds. The van der Waals surface area contributed by atoms with Crippen LogP contribution < -0.4 is 11.3 Å². The summed E-state index contributed by atoms with van der Waals surface area (Å²) in [5.41, 5.74) is 5.17. The number of rotatable bonds is 5. The molecule has 1 saturated heterocycles. The minimum Gasteiger partial charge on any atom is -0.381 e. The van der Waals surface area contributed by atoms with Crippen LogP contribution in [0.4, 0.5) is 0 Å². The van der Waals surface area contributed by atoms with Crippen LogP contribution in [0.5, 0.6) is 0 Å². The molecule has 1 fully saturated rings. The van der Waals surface area contributed by atoms with Crippen LogP contribution in [-0.2, 0) is 11.3 Å². The summed E-state index contributed by atoms with van der Waals surface area (Å²) < 4.78 is 7.59. The van der Waals surface area contributed by atoms with Gasteiger partial charge in [0.25, 0.3) is 0 Å². The number of fused-ring (bicyclic) bond motifs is 1. The average Bonchev–Trinajstić information content (AvgIpc) is 2.91. The number of nitrogens with one attached hydrogen (secondary N) is 1. The zero-order valence-electron chi connectivity index (χ0n) is 11.7. The molecule has 3 rings (SSSR count). The van der Waals surface area contributed by atoms with Crippen LogP contribution in [0, 0.1) is 5.92 Å². The molecule has 1 aromatic carbocycles. The first kappa shape index (κ1) is 13.5. The smallest absolute Gasteiger partial charge is 0.0958 e. The number of nitrogens with zero attached hydrogens (tertiary/aromatic N) is 2. The summed E-state index contributed by atoms with van der Waals surface area (Å²) in [6.07, 6.45) is 5.27. The van der Waals surface area contributed by atoms with Crippen molar-refractivity contribution in [1.82, 2.24) is 15.0 Å². The van der Waals surface area contributed by atoms with E-state index in [9.17, 15) is 0 Å². The highest BCUT2D eigenvalue weighted by molar-refractivity contribution is 5.74. The Labute approximate surface area is 119 Å². The van der Waals surface area contributed by atoms with Crippen molar-refractivity contribution in [3.8, 4) is 0 Å². The number of hydrogen-bond donors (Lipinski definition) is 2. The molecule has 0 aliphatic carbocycles. The summed E-state index contributed by atoms with van der Waals surface area (Å²) in [7, 11) is 0. The fourth-order valence-electron chi connectivity index (χ4n) is 2.97. The van der Waals surface area contributed by atoms with E-state index in [1.54, 1.807) is 0 Å². The van der Waals surface area contributed by atoms with E-state index >= 15 is 0 Å². The predicted octanol–water partition coefficient (Wildman–Crippen LogP) is 1.68. The SMILES string of the molecule is NNC(CC1CCOCC1)Cn1cnc2ccccc21. The number of hydrazine groups is 1. The molecule has 5 nitrogen and oxygen atoms in total. The van der Waals surface area contributed by atoms with Crippen molar-refractivity contribution in [2.45, 2.75) is 31.8 Å². The third-order valence-corrected chi connectivity index (χ3v) is 4.14. The topological polar surface area (TPSA) is 65.1 Å². The Morgan fingerprint density at radius 1 is 1.35 bits per heavy atom. The predicted molar refractivity (Wildman–Crippen MR) is 79.0 cm³/mol. The fourth-order valence-corrected chi connectivity index (χ4v) is 2.97. The Morgan fingerprint density at radius 3 is 2.95 bits per heavy atom. The van der Waals surface area contributed by atoms with Gasteiger partial charge in [-0.1, -0.05) is 12.1 Å². The highest BCUT2D eigenvalue weighted by Gasteiger charge is 2.19. The van der Waals surface area contributed by atoms with E-state index in [0.717, 1.165) is 44.5 Å². The minimum absolute atomic E-state index is 0.274. The van der Waals surface area contributed by atoms with Crippen LogP contribution in [0.15, 0.2) is 30.6 Å². The van der Waals surface area contributed by atoms with Crippen molar-refractivity contribution in [3.63, 3.8) is 0 Å². The molecule has 2 heterocycles. The summed E-state index contributed by atoms with van der Waals surface area (Å²) in [6, 6.07) is 8.47. The number of hydrogen-bond acceptors (Lipinski definition) is 4. The number of ether oxygens (including phenoxy) is 1. The summed E-state index contributed by atoms with van der Waals surface area (Å²) >= 11 is 0. The van der Waals surface area contributed by atoms with Crippen molar-refractivity contribution in [2.24, 2.45) is 11.8 Å². The normalized spacial score (nSPS) is 18.4. The summed E-state index contributed by atoms with van der Waals surface area (Å²) in [6.45, 7) is 2.63. The first-order chi connectivity index (χ1) is 9.86. The minimum atomic E-state index is 0.274. The number of aromatic nitrogens is 2. The van der Waals surface area contributed by atoms with E-state index in [0.29, 0.717) is 5.92 Å². The van der Waals surface area contributed by atoms with Gasteiger partial charge in [0, 0.05) is 25.8 Å². The zero-order chi connectivity index (χ0) is 13.8. The van der Waals surface area contributed by atoms with Crippen molar-refractivity contribution >= 4 is 11.0 Å². The molecular formula is C15H22N4O. The van der Waals surface area contributed by atoms with E-state index in [4.69, 9.17) is 10.6 Å². The maximum atomic E-state index is 5.74. The van der Waals surface area contributed by atoms with Crippen LogP contribution in [0.3, 0.4) is 0 Å². The Hall–Kier alpha value is -1.43. The largest absolute Gasteiger partial charge is 0.381 e. The summed E-state index contributed by atoms with van der Waals surface area (Å²) in [4.78, 5) is 4.43. The summed E-state index contributed by atoms with van der Waals surface area (Å²) in [5.74, 6) is 6.44. The van der Waals surface area contributed by atoms with Crippen molar-refractivity contribution in [3.05, 3.63) is 30.6 Å². The number of nitrogens with two attached hydrogens (primary N) is 1. The number of imidazole rings is 1. The zero-order valence-corrected chi connectivity index (χ0v) is 11.7. The summed E-state index contributed by atoms with van der Waals surface area (Å²) in [5, 5.41) is 0. The number of benzene rings is 1. The van der Waals surface area contributed by atoms with E-state index in [1.807, 2.05) is 24.5 Å². The molecule has 1 atom stereocenters. The van der Waals surface area contributed by atoms with Crippen LogP contribution >= 0.6 is 0 Å². The first-order valence-electron chi connectivity index (χ1n) is 7.30. The molecule has 1 aliphatic heterocycles. The second-order valence-electron chi connectivity index (χ2n) is 5.54. The molecule has 0 saturated carbocycles. The highest BCUT2D eigenvalue weighted by Crippen LogP contribution is 2.21. The van der Waals surface area contributed by atoms with Crippen LogP contribution in [0.2, 0.25) is 0 Å². The molecule has 0 spiro atoms. The fraction of sp³-hybridized carbons (Fsp3) is 0.533. The van der Waals surface area contributed by atoms with Gasteiger partial charge in [-0.2, -0.15) is 0 Å². The van der Waals surface area contributed by atoms with Gasteiger partial charge in [0.05, 0.1) is 17.4 Å². The lowest BCUT2D eigenvalue weighted by molar-refractivity contribution is 0.0599. The van der Waals surface area contributed by atoms with Gasteiger partial charge in [0.15, 0.2) is 0 Å². The third kappa shape index (κ3) is 3.00. The second-order valence-corrected chi connectivity index (χ2v) is 5.54. The lowest BCUT2D eigenvalue weighted by Gasteiger charge is -2.26. The lowest BCUT2D eigenvalue weighted by Crippen LogP contribution is -2.40. The molecule has 1 aliphatic rings. The maximum absolute atomic E-state index is 5.74. The van der Waals surface area contributed by atoms with Crippen LogP contribution in [0.25, 0.3) is 11.0 Å². The van der Waals surface area contributed by atoms with Gasteiger partial charge >= 0.3 is 0 Å². The first-order valence-corrected chi connectivity index (χ1v) is 7.30. The average molecular weight is 274 g/mol. The van der Waals surface area contributed by atoms with Gasteiger partial charge in [-0.15, -0.1) is 0 Å². The van der Waals surface area contributed by atoms with Gasteiger partial charge in [-0.25, -0.2) is 4.98 Å². The quantitative estimate of drug-likeness (QED) is 0.643. The van der Waals surface area contributed by atoms with Crippen molar-refractivity contribution in [1.29, 1.82) is 0 Å². The van der Waals surface area contributed by atoms with Gasteiger partial charge in [0.2, 0.25) is 0 Å². The molecule has 20 heavy (non-hydrogen) atoms. The molecule has 3 N–H and O–H groups in total. The monoisotopic (exact) mass is 274 g/mol. The lowest BCUT2D eigenvalue weighted by atomic mass is 9.92. The van der Waals surface area contributed by atoms with Gasteiger partial charge in [-0.3, -0.25) is 11.3 Å². The van der Waals surface area contributed by atoms with E-state index < -0.39 is 0 Å². The Balaban J connectivity index is 1.67. The second kappa shape index (κ2) is 6.35. The van der Waals surface area contributed by atoms with Gasteiger partial charge < -0.3 is 9.30 Å². The Kier molecular flexibility index (Phi) is 4.30.